The van der Waals surface area contributed by atoms with E-state index < -0.39 is 233 Å². The zero-order chi connectivity index (χ0) is 70.5. The number of nitrogens with zero attached hydrogens (tertiary/aromatic N) is 6. The van der Waals surface area contributed by atoms with E-state index in [0.717, 1.165) is 53.8 Å². The fourth-order valence-electron chi connectivity index (χ4n) is 10.9. The Morgan fingerprint density at radius 3 is 1.05 bits per heavy atom. The Hall–Kier alpha value is -6.48. The summed E-state index contributed by atoms with van der Waals surface area (Å²) in [5.74, 6) is -0.179. The van der Waals surface area contributed by atoms with Crippen molar-refractivity contribution in [3.63, 3.8) is 0 Å². The molecule has 534 valence electrons. The number of rotatable bonds is 26. The molecule has 5 aromatic rings. The summed E-state index contributed by atoms with van der Waals surface area (Å²) in [5.41, 5.74) is -2.60. The minimum absolute atomic E-state index is 0.0136. The number of anilines is 1. The minimum Gasteiger partial charge on any atom is -0.394 e. The predicted octanol–water partition coefficient (Wildman–Crippen LogP) is -3.97. The van der Waals surface area contributed by atoms with Gasteiger partial charge in [0, 0.05) is 78.9 Å². The van der Waals surface area contributed by atoms with Crippen LogP contribution >= 0.6 is 31.3 Å². The molecule has 0 amide bonds. The van der Waals surface area contributed by atoms with E-state index in [1.807, 2.05) is 9.97 Å². The molecule has 0 radical (unpaired) electrons. The number of phosphoric ester groups is 4. The van der Waals surface area contributed by atoms with Crippen molar-refractivity contribution in [1.82, 2.24) is 47.8 Å². The molecule has 13 N–H and O–H groups in total. The van der Waals surface area contributed by atoms with Gasteiger partial charge in [-0.3, -0.25) is 98.1 Å². The third kappa shape index (κ3) is 17.1. The highest BCUT2D eigenvalue weighted by Crippen LogP contribution is 2.55. The van der Waals surface area contributed by atoms with Crippen LogP contribution in [0, 0.1) is 27.7 Å². The fraction of sp³-hybridized carbons (Fsp3) is 0.592. The normalized spacial score (nSPS) is 30.7. The van der Waals surface area contributed by atoms with Gasteiger partial charge in [0.15, 0.2) is 6.23 Å². The third-order valence-corrected chi connectivity index (χ3v) is 19.9. The quantitative estimate of drug-likeness (QED) is 0.0235. The van der Waals surface area contributed by atoms with E-state index in [-0.39, 0.29) is 34.5 Å². The second-order valence-corrected chi connectivity index (χ2v) is 28.4. The van der Waals surface area contributed by atoms with Gasteiger partial charge in [0.1, 0.15) is 97.9 Å². The van der Waals surface area contributed by atoms with Crippen LogP contribution in [0.1, 0.15) is 79.1 Å². The number of hydrogen-bond donors (Lipinski definition) is 12. The first-order valence-electron chi connectivity index (χ1n) is 29.0. The summed E-state index contributed by atoms with van der Waals surface area (Å²) in [6.07, 6.45) is -22.6. The second kappa shape index (κ2) is 29.0. The molecule has 5 aromatic heterocycles. The molecule has 5 saturated heterocycles. The van der Waals surface area contributed by atoms with Gasteiger partial charge in [0.05, 0.1) is 33.0 Å². The Morgan fingerprint density at radius 1 is 0.464 bits per heavy atom. The van der Waals surface area contributed by atoms with Gasteiger partial charge in [-0.1, -0.05) is 0 Å². The monoisotopic (exact) mass is 1460 g/mol. The van der Waals surface area contributed by atoms with E-state index in [4.69, 9.17) is 65.6 Å². The lowest BCUT2D eigenvalue weighted by Crippen LogP contribution is -2.36. The van der Waals surface area contributed by atoms with E-state index in [1.54, 1.807) is 0 Å². The largest absolute Gasteiger partial charge is 0.472 e. The van der Waals surface area contributed by atoms with Gasteiger partial charge in [-0.25, -0.2) is 42.2 Å². The highest BCUT2D eigenvalue weighted by atomic mass is 31.2. The maximum absolute atomic E-state index is 14.1. The molecule has 97 heavy (non-hydrogen) atoms. The van der Waals surface area contributed by atoms with Crippen molar-refractivity contribution < 1.29 is 113 Å². The molecule has 5 fully saturated rings. The Labute approximate surface area is 539 Å². The Bertz CT molecular complexity index is 4550. The highest BCUT2D eigenvalue weighted by molar-refractivity contribution is 7.48. The number of ether oxygens (including phenoxy) is 5. The van der Waals surface area contributed by atoms with Gasteiger partial charge in [0.2, 0.25) is 0 Å². The van der Waals surface area contributed by atoms with Gasteiger partial charge in [0.25, 0.3) is 22.2 Å². The van der Waals surface area contributed by atoms with Crippen molar-refractivity contribution in [2.45, 2.75) is 152 Å². The van der Waals surface area contributed by atoms with Crippen LogP contribution in [0.2, 0.25) is 0 Å². The van der Waals surface area contributed by atoms with Crippen LogP contribution in [-0.4, -0.2) is 183 Å². The summed E-state index contributed by atoms with van der Waals surface area (Å²) in [5, 5.41) is 31.5. The molecular formula is C49H65N11O33P4. The number of aryl methyl sites for hydroxylation is 4. The van der Waals surface area contributed by atoms with Crippen molar-refractivity contribution in [2.75, 3.05) is 38.8 Å². The number of aromatic nitrogens is 10. The Kier molecular flexibility index (Phi) is 21.9. The van der Waals surface area contributed by atoms with Crippen LogP contribution < -0.4 is 56.4 Å². The number of aromatic amines is 4. The third-order valence-electron chi connectivity index (χ3n) is 15.9. The van der Waals surface area contributed by atoms with E-state index >= 15 is 0 Å². The zero-order valence-electron chi connectivity index (χ0n) is 50.9. The molecule has 10 heterocycles. The zero-order valence-corrected chi connectivity index (χ0v) is 54.4. The Balaban J connectivity index is 0.838. The molecule has 10 rings (SSSR count). The second-order valence-electron chi connectivity index (χ2n) is 22.8. The minimum atomic E-state index is -5.59. The average molecular weight is 1460 g/mol. The average Bonchev–Trinajstić information content (AvgIpc) is 1.57. The maximum Gasteiger partial charge on any atom is 0.472 e. The maximum atomic E-state index is 14.1. The Morgan fingerprint density at radius 2 is 0.753 bits per heavy atom. The molecule has 0 aliphatic carbocycles. The van der Waals surface area contributed by atoms with Crippen LogP contribution in [0.3, 0.4) is 0 Å². The summed E-state index contributed by atoms with van der Waals surface area (Å²) in [4.78, 5) is 170. The first kappa shape index (κ1) is 73.2. The summed E-state index contributed by atoms with van der Waals surface area (Å²) < 4.78 is 132. The molecule has 5 aliphatic rings. The summed E-state index contributed by atoms with van der Waals surface area (Å²) in [7, 11) is -21.9. The lowest BCUT2D eigenvalue weighted by molar-refractivity contribution is -0.0658. The van der Waals surface area contributed by atoms with Gasteiger partial charge in [-0.2, -0.15) is 4.98 Å². The van der Waals surface area contributed by atoms with E-state index in [0.29, 0.717) is 0 Å². The number of phosphoric acid groups is 4. The predicted molar refractivity (Wildman–Crippen MR) is 317 cm³/mol. The highest BCUT2D eigenvalue weighted by Gasteiger charge is 2.51. The molecule has 20 unspecified atom stereocenters. The van der Waals surface area contributed by atoms with Crippen LogP contribution in [0.15, 0.2) is 80.2 Å². The molecule has 5 aliphatic heterocycles. The van der Waals surface area contributed by atoms with E-state index in [9.17, 15) is 96.3 Å². The smallest absolute Gasteiger partial charge is 0.394 e. The molecule has 0 bridgehead atoms. The van der Waals surface area contributed by atoms with Crippen molar-refractivity contribution >= 4 is 37.1 Å². The number of nitrogens with one attached hydrogen (secondary N) is 4. The first-order valence-corrected chi connectivity index (χ1v) is 35.0. The van der Waals surface area contributed by atoms with Crippen molar-refractivity contribution in [3.05, 3.63) is 153 Å². The number of aliphatic hydroxyl groups is 3. The first-order chi connectivity index (χ1) is 45.5. The van der Waals surface area contributed by atoms with E-state index in [2.05, 4.69) is 15.0 Å². The lowest BCUT2D eigenvalue weighted by atomic mass is 10.1. The molecule has 0 spiro atoms. The van der Waals surface area contributed by atoms with E-state index in [1.165, 1.54) is 33.8 Å². The molecule has 44 nitrogen and oxygen atoms in total. The number of nitrogen functional groups attached to an aromatic ring is 1. The van der Waals surface area contributed by atoms with Crippen molar-refractivity contribution in [2.24, 2.45) is 0 Å². The van der Waals surface area contributed by atoms with Gasteiger partial charge >= 0.3 is 59.7 Å². The molecule has 48 heteroatoms. The van der Waals surface area contributed by atoms with Crippen LogP contribution in [0.25, 0.3) is 0 Å². The summed E-state index contributed by atoms with van der Waals surface area (Å²) in [6.45, 7) is 0.225. The molecule has 0 aromatic carbocycles. The molecular weight excluding hydrogens is 1390 g/mol. The van der Waals surface area contributed by atoms with Crippen LogP contribution in [0.5, 0.6) is 0 Å². The summed E-state index contributed by atoms with van der Waals surface area (Å²) >= 11 is 0. The lowest BCUT2D eigenvalue weighted by Gasteiger charge is -2.25. The van der Waals surface area contributed by atoms with Gasteiger partial charge in [-0.05, 0) is 33.8 Å². The van der Waals surface area contributed by atoms with Gasteiger partial charge < -0.3 is 64.3 Å². The fourth-order valence-corrected chi connectivity index (χ4v) is 14.8. The summed E-state index contributed by atoms with van der Waals surface area (Å²) in [6, 6.07) is 1.19. The SMILES string of the molecule is Cc1cn(C2CC(OP(=O)(O)OCC3OC(n4cc(C)c(=O)[nH]c4=O)CC3OP(=O)(O)OCC3OC(n4cc(C)c(=O)[nH]c4=O)CC3OP(=O)(O)OCC3OC(n4cc(C)c(=O)[nH]c4=O)CC3OP(=O)(O)OCC3OC(n4ccc(N)nc4=O)C(O)C3O)C(CO)O2)c(=O)[nH]c1=O. The number of aliphatic hydroxyl groups excluding tert-OH is 3. The van der Waals surface area contributed by atoms with Crippen LogP contribution in [-0.2, 0) is 78.1 Å². The molecule has 20 atom stereocenters. The van der Waals surface area contributed by atoms with Crippen LogP contribution in [0.4, 0.5) is 5.82 Å². The number of hydrogen-bond acceptors (Lipinski definition) is 31. The van der Waals surface area contributed by atoms with Crippen molar-refractivity contribution in [1.29, 1.82) is 0 Å². The number of nitrogens with two attached hydrogens (primary N) is 1. The topological polar surface area (TPSA) is 610 Å². The molecule has 0 saturated carbocycles. The van der Waals surface area contributed by atoms with Crippen molar-refractivity contribution in [3.8, 4) is 0 Å². The number of H-pyrrole nitrogens is 4. The standard InChI is InChI=1S/C49H65N11O33P4/c1-20-11-57(46(69)52-40(20)64)34-7-24(28(15-61)85-34)90-94(73,74)81-16-29-25(8-35(86-29)58-12-21(2)41(65)53-47(58)70)91-95(75,76)82-17-30-26(9-36(87-30)59-13-22(3)42(66)54-48(59)71)92-96(77,78)83-18-31-27(10-37(88-31)60-14-23(4)43(67)55-49(60)72)93-97(79,80)84-19-32-38(62)39(63)44(89-32)56-6-5-33(50)51-45(56)68/h5-6,11-14,24-32,34-39,44,61-63H,7-10,15-19H2,1-4H3,(H,73,74)(H,75,76)(H,77,78)(H,79,80)(H2,50,51,68)(H,52,64,69)(H,53,65,70)(H,54,66,71)(H,55,67,72). The van der Waals surface area contributed by atoms with Gasteiger partial charge in [-0.15, -0.1) is 0 Å².